The average molecular weight is 809 g/mol. The van der Waals surface area contributed by atoms with Crippen molar-refractivity contribution in [1.29, 1.82) is 0 Å². The van der Waals surface area contributed by atoms with E-state index >= 15 is 0 Å². The normalized spacial score (nSPS) is 32.5. The van der Waals surface area contributed by atoms with Crippen LogP contribution in [0.2, 0.25) is 0 Å². The van der Waals surface area contributed by atoms with Crippen LogP contribution in [0.15, 0.2) is 54.9 Å². The van der Waals surface area contributed by atoms with Gasteiger partial charge in [-0.1, -0.05) is 13.0 Å². The molecule has 0 radical (unpaired) electrons. The zero-order chi connectivity index (χ0) is 40.8. The zero-order valence-electron chi connectivity index (χ0n) is 32.9. The minimum Gasteiger partial charge on any atom is -0.508 e. The second kappa shape index (κ2) is 16.2. The third-order valence-corrected chi connectivity index (χ3v) is 14.3. The van der Waals surface area contributed by atoms with E-state index in [0.29, 0.717) is 87.4 Å². The molecule has 2 saturated carbocycles. The monoisotopic (exact) mass is 808 g/mol. The lowest BCUT2D eigenvalue weighted by atomic mass is 9.53. The van der Waals surface area contributed by atoms with Gasteiger partial charge < -0.3 is 40.7 Å². The molecule has 15 heteroatoms. The molecule has 3 heterocycles. The molecule has 3 aromatic rings. The number of carbonyl (C=O) groups excluding carboxylic acids is 1. The Morgan fingerprint density at radius 2 is 1.78 bits per heavy atom. The number of alkyl halides is 3. The number of ether oxygens (including phenoxy) is 1. The Bertz CT molecular complexity index is 1930. The molecule has 1 aromatic heterocycles. The Morgan fingerprint density at radius 1 is 1.00 bits per heavy atom. The van der Waals surface area contributed by atoms with E-state index in [9.17, 15) is 38.4 Å². The molecule has 2 aromatic carbocycles. The van der Waals surface area contributed by atoms with E-state index in [2.05, 4.69) is 43.4 Å². The quantitative estimate of drug-likeness (QED) is 0.157. The molecule has 2 saturated heterocycles. The number of benzene rings is 2. The van der Waals surface area contributed by atoms with Crippen LogP contribution < -0.4 is 15.5 Å². The van der Waals surface area contributed by atoms with Crippen LogP contribution in [-0.2, 0) is 17.3 Å². The summed E-state index contributed by atoms with van der Waals surface area (Å²) in [6.07, 6.45) is 1.17. The first-order chi connectivity index (χ1) is 27.7. The van der Waals surface area contributed by atoms with Crippen LogP contribution >= 0.6 is 0 Å². The SMILES string of the molecule is C[C@]12CC[C@@H]3c4ccc(O)cc4CC[C@H]3[C@@H]1CC[C@@]2(O)CCCNC(=O)c1ccc(N2CCN(C[C@H]3OC[C@H](Nc4cncc(C(F)(F)F)n4)[C@@H](O)[C@H]3O)CC2)cc1. The Labute approximate surface area is 336 Å². The largest absolute Gasteiger partial charge is 0.508 e. The van der Waals surface area contributed by atoms with Gasteiger partial charge in [0.25, 0.3) is 5.91 Å². The summed E-state index contributed by atoms with van der Waals surface area (Å²) in [5.41, 5.74) is 2.20. The van der Waals surface area contributed by atoms with Gasteiger partial charge in [-0.25, -0.2) is 4.98 Å². The highest BCUT2D eigenvalue weighted by Crippen LogP contribution is 2.65. The second-order valence-corrected chi connectivity index (χ2v) is 17.4. The molecule has 9 atom stereocenters. The van der Waals surface area contributed by atoms with Crippen molar-refractivity contribution in [2.24, 2.45) is 17.3 Å². The number of fused-ring (bicyclic) bond motifs is 5. The number of rotatable bonds is 10. The third-order valence-electron chi connectivity index (χ3n) is 14.3. The predicted molar refractivity (Wildman–Crippen MR) is 211 cm³/mol. The van der Waals surface area contributed by atoms with Gasteiger partial charge in [0.1, 0.15) is 23.8 Å². The number of phenols is 1. The van der Waals surface area contributed by atoms with Crippen LogP contribution in [0.3, 0.4) is 0 Å². The number of anilines is 2. The predicted octanol–water partition coefficient (Wildman–Crippen LogP) is 4.72. The van der Waals surface area contributed by atoms with Gasteiger partial charge in [0.15, 0.2) is 5.69 Å². The average Bonchev–Trinajstić information content (AvgIpc) is 3.49. The number of aromatic hydroxyl groups is 1. The maximum absolute atomic E-state index is 13.1. The van der Waals surface area contributed by atoms with Crippen LogP contribution in [0.1, 0.15) is 85.0 Å². The summed E-state index contributed by atoms with van der Waals surface area (Å²) in [7, 11) is 0. The molecule has 58 heavy (non-hydrogen) atoms. The van der Waals surface area contributed by atoms with E-state index in [-0.39, 0.29) is 23.7 Å². The first-order valence-electron chi connectivity index (χ1n) is 20.8. The van der Waals surface area contributed by atoms with Crippen molar-refractivity contribution in [2.45, 2.75) is 100 Å². The van der Waals surface area contributed by atoms with E-state index in [1.54, 1.807) is 0 Å². The molecule has 314 valence electrons. The number of aryl methyl sites for hydroxylation is 1. The standard InChI is InChI=1S/C43H55F3N6O6/c1-41-14-11-31-30-10-8-29(53)21-27(30)5-9-32(31)33(41)12-15-42(41,57)13-2-16-48-40(56)26-3-6-28(7-4-26)52-19-17-51(18-20-52)24-35-39(55)38(54)34(25-58-35)49-37-23-47-22-36(50-37)43(44,45)46/h3-4,6-8,10,21-23,31-35,38-39,53-55,57H,2,5,9,11-20,24-25H2,1H3,(H,48,56)(H,49,50)/t31-,32-,33+,34+,35-,38-,39+,41+,42+/m1/s1. The molecule has 3 aliphatic carbocycles. The molecule has 5 aliphatic rings. The molecular formula is C43H55F3N6O6. The molecule has 12 nitrogen and oxygen atoms in total. The number of nitrogens with zero attached hydrogens (tertiary/aromatic N) is 4. The van der Waals surface area contributed by atoms with Gasteiger partial charge in [-0.2, -0.15) is 13.2 Å². The lowest BCUT2D eigenvalue weighted by Crippen LogP contribution is -2.59. The number of aromatic nitrogens is 2. The maximum atomic E-state index is 13.1. The first-order valence-corrected chi connectivity index (χ1v) is 20.8. The molecule has 0 bridgehead atoms. The molecule has 0 spiro atoms. The van der Waals surface area contributed by atoms with Crippen molar-refractivity contribution in [3.8, 4) is 5.75 Å². The molecule has 6 N–H and O–H groups in total. The van der Waals surface area contributed by atoms with Crippen LogP contribution in [-0.4, -0.2) is 117 Å². The van der Waals surface area contributed by atoms with Gasteiger partial charge in [0.05, 0.1) is 36.7 Å². The van der Waals surface area contributed by atoms with E-state index in [1.807, 2.05) is 36.4 Å². The highest BCUT2D eigenvalue weighted by molar-refractivity contribution is 5.94. The van der Waals surface area contributed by atoms with Crippen molar-refractivity contribution >= 4 is 17.4 Å². The van der Waals surface area contributed by atoms with E-state index in [4.69, 9.17) is 4.74 Å². The lowest BCUT2D eigenvalue weighted by molar-refractivity contribution is -0.147. The van der Waals surface area contributed by atoms with Crippen LogP contribution in [0.25, 0.3) is 0 Å². The minimum atomic E-state index is -4.66. The van der Waals surface area contributed by atoms with Crippen molar-refractivity contribution in [1.82, 2.24) is 20.2 Å². The number of hydrogen-bond donors (Lipinski definition) is 6. The van der Waals surface area contributed by atoms with E-state index in [1.165, 1.54) is 11.1 Å². The zero-order valence-corrected chi connectivity index (χ0v) is 32.9. The van der Waals surface area contributed by atoms with Crippen LogP contribution in [0, 0.1) is 17.3 Å². The van der Waals surface area contributed by atoms with Crippen molar-refractivity contribution in [3.63, 3.8) is 0 Å². The Morgan fingerprint density at radius 3 is 2.53 bits per heavy atom. The third kappa shape index (κ3) is 8.00. The first kappa shape index (κ1) is 40.7. The van der Waals surface area contributed by atoms with E-state index in [0.717, 1.165) is 50.4 Å². The fourth-order valence-corrected chi connectivity index (χ4v) is 11.0. The fourth-order valence-electron chi connectivity index (χ4n) is 11.0. The fraction of sp³-hybridized carbons (Fsp3) is 0.605. The number of phenolic OH excluding ortho intramolecular Hbond substituents is 1. The Kier molecular flexibility index (Phi) is 11.4. The summed E-state index contributed by atoms with van der Waals surface area (Å²) in [4.78, 5) is 24.6. The summed E-state index contributed by atoms with van der Waals surface area (Å²) < 4.78 is 45.0. The van der Waals surface area contributed by atoms with Crippen LogP contribution in [0.5, 0.6) is 5.75 Å². The molecule has 4 fully saturated rings. The second-order valence-electron chi connectivity index (χ2n) is 17.4. The summed E-state index contributed by atoms with van der Waals surface area (Å²) in [5.74, 6) is 1.55. The van der Waals surface area contributed by atoms with Gasteiger partial charge in [0.2, 0.25) is 0 Å². The summed E-state index contributed by atoms with van der Waals surface area (Å²) in [5, 5.41) is 49.5. The molecule has 0 unspecified atom stereocenters. The number of nitrogens with one attached hydrogen (secondary N) is 2. The van der Waals surface area contributed by atoms with E-state index < -0.39 is 41.8 Å². The molecule has 8 rings (SSSR count). The van der Waals surface area contributed by atoms with Crippen molar-refractivity contribution in [3.05, 3.63) is 77.2 Å². The van der Waals surface area contributed by atoms with Crippen molar-refractivity contribution in [2.75, 3.05) is 56.1 Å². The van der Waals surface area contributed by atoms with Gasteiger partial charge in [-0.15, -0.1) is 0 Å². The highest BCUT2D eigenvalue weighted by atomic mass is 19.4. The Balaban J connectivity index is 0.761. The lowest BCUT2D eigenvalue weighted by Gasteiger charge is -2.53. The number of amides is 1. The number of hydrogen-bond acceptors (Lipinski definition) is 11. The number of carbonyl (C=O) groups is 1. The van der Waals surface area contributed by atoms with Crippen molar-refractivity contribution < 1.29 is 43.1 Å². The number of halogens is 3. The number of aliphatic hydroxyl groups excluding tert-OH is 2. The maximum Gasteiger partial charge on any atom is 0.434 e. The number of piperazine rings is 1. The highest BCUT2D eigenvalue weighted by Gasteiger charge is 2.61. The molecule has 1 amide bonds. The Hall–Kier alpha value is -4.02. The topological polar surface area (TPSA) is 164 Å². The number of aliphatic hydroxyl groups is 3. The van der Waals surface area contributed by atoms with Gasteiger partial charge in [-0.05, 0) is 122 Å². The summed E-state index contributed by atoms with van der Waals surface area (Å²) in [6, 6.07) is 12.6. The molecular weight excluding hydrogens is 754 g/mol. The minimum absolute atomic E-state index is 0.0338. The summed E-state index contributed by atoms with van der Waals surface area (Å²) in [6.45, 7) is 5.91. The van der Waals surface area contributed by atoms with Crippen LogP contribution in [0.4, 0.5) is 24.7 Å². The van der Waals surface area contributed by atoms with Gasteiger partial charge in [-0.3, -0.25) is 14.7 Å². The smallest absolute Gasteiger partial charge is 0.434 e. The van der Waals surface area contributed by atoms with Gasteiger partial charge >= 0.3 is 6.18 Å². The summed E-state index contributed by atoms with van der Waals surface area (Å²) >= 11 is 0. The van der Waals surface area contributed by atoms with Gasteiger partial charge in [0, 0.05) is 50.5 Å². The molecule has 2 aliphatic heterocycles.